The molecule has 27 heavy (non-hydrogen) atoms. The van der Waals surface area contributed by atoms with Gasteiger partial charge in [-0.1, -0.05) is 73.8 Å². The Morgan fingerprint density at radius 3 is 2.48 bits per heavy atom. The minimum absolute atomic E-state index is 0.0910. The first-order chi connectivity index (χ1) is 13.0. The van der Waals surface area contributed by atoms with E-state index in [0.717, 1.165) is 29.8 Å². The molecule has 0 spiro atoms. The fourth-order valence-corrected chi connectivity index (χ4v) is 3.32. The third-order valence-electron chi connectivity index (χ3n) is 4.23. The Bertz CT molecular complexity index is 743. The van der Waals surface area contributed by atoms with Crippen molar-refractivity contribution >= 4 is 28.3 Å². The van der Waals surface area contributed by atoms with Crippen molar-refractivity contribution in [1.29, 1.82) is 0 Å². The number of nitrogens with one attached hydrogen (secondary N) is 2. The molecule has 0 fully saturated rings. The van der Waals surface area contributed by atoms with Crippen LogP contribution in [0, 0.1) is 6.92 Å². The van der Waals surface area contributed by atoms with Crippen LogP contribution in [0.4, 0.5) is 5.13 Å². The highest BCUT2D eigenvalue weighted by Crippen LogP contribution is 2.26. The summed E-state index contributed by atoms with van der Waals surface area (Å²) in [7, 11) is 0. The second-order valence-corrected chi connectivity index (χ2v) is 7.70. The molecule has 7 heteroatoms. The van der Waals surface area contributed by atoms with E-state index in [1.807, 2.05) is 31.2 Å². The largest absolute Gasteiger partial charge is 0.345 e. The fourth-order valence-electron chi connectivity index (χ4n) is 2.57. The van der Waals surface area contributed by atoms with Crippen molar-refractivity contribution in [2.45, 2.75) is 65.3 Å². The topological polar surface area (TPSA) is 84.0 Å². The van der Waals surface area contributed by atoms with E-state index in [9.17, 15) is 9.59 Å². The van der Waals surface area contributed by atoms with Crippen molar-refractivity contribution < 1.29 is 9.59 Å². The van der Waals surface area contributed by atoms with Crippen molar-refractivity contribution in [3.63, 3.8) is 0 Å². The van der Waals surface area contributed by atoms with Crippen LogP contribution in [-0.2, 0) is 9.59 Å². The molecular formula is C20H28N4O2S. The number of rotatable bonds is 10. The molecule has 0 saturated carbocycles. The van der Waals surface area contributed by atoms with Crippen molar-refractivity contribution in [3.05, 3.63) is 29.8 Å². The Kier molecular flexibility index (Phi) is 8.39. The molecule has 1 aromatic heterocycles. The molecule has 0 aliphatic rings. The highest BCUT2D eigenvalue weighted by atomic mass is 32.1. The quantitative estimate of drug-likeness (QED) is 0.594. The van der Waals surface area contributed by atoms with Crippen LogP contribution in [0.5, 0.6) is 0 Å². The van der Waals surface area contributed by atoms with Crippen LogP contribution in [0.2, 0.25) is 0 Å². The van der Waals surface area contributed by atoms with E-state index in [1.54, 1.807) is 6.92 Å². The molecule has 146 valence electrons. The van der Waals surface area contributed by atoms with E-state index in [4.69, 9.17) is 0 Å². The highest BCUT2D eigenvalue weighted by Gasteiger charge is 2.17. The molecule has 0 aliphatic carbocycles. The molecule has 0 saturated heterocycles. The molecule has 2 amide bonds. The van der Waals surface area contributed by atoms with Crippen LogP contribution in [-0.4, -0.2) is 28.1 Å². The molecular weight excluding hydrogens is 360 g/mol. The van der Waals surface area contributed by atoms with Crippen molar-refractivity contribution in [3.8, 4) is 10.6 Å². The first-order valence-corrected chi connectivity index (χ1v) is 10.3. The van der Waals surface area contributed by atoms with Crippen LogP contribution < -0.4 is 10.6 Å². The van der Waals surface area contributed by atoms with E-state index in [1.165, 1.54) is 29.7 Å². The van der Waals surface area contributed by atoms with Gasteiger partial charge >= 0.3 is 0 Å². The molecule has 1 unspecified atom stereocenters. The monoisotopic (exact) mass is 388 g/mol. The SMILES string of the molecule is CCCCCCCC(=O)NC(C)C(=O)Nc1nnc(-c2ccc(C)cc2)s1. The number of amides is 2. The van der Waals surface area contributed by atoms with E-state index >= 15 is 0 Å². The van der Waals surface area contributed by atoms with Gasteiger partial charge in [0.05, 0.1) is 0 Å². The number of aryl methyl sites for hydroxylation is 1. The predicted molar refractivity (Wildman–Crippen MR) is 110 cm³/mol. The molecule has 1 aromatic carbocycles. The summed E-state index contributed by atoms with van der Waals surface area (Å²) >= 11 is 1.31. The molecule has 0 radical (unpaired) electrons. The van der Waals surface area contributed by atoms with Gasteiger partial charge in [-0.15, -0.1) is 10.2 Å². The van der Waals surface area contributed by atoms with Crippen LogP contribution >= 0.6 is 11.3 Å². The predicted octanol–water partition coefficient (Wildman–Crippen LogP) is 4.32. The Morgan fingerprint density at radius 1 is 1.07 bits per heavy atom. The zero-order valence-electron chi connectivity index (χ0n) is 16.2. The average molecular weight is 389 g/mol. The van der Waals surface area contributed by atoms with Gasteiger partial charge in [0.2, 0.25) is 16.9 Å². The third kappa shape index (κ3) is 7.09. The van der Waals surface area contributed by atoms with Crippen molar-refractivity contribution in [1.82, 2.24) is 15.5 Å². The maximum atomic E-state index is 12.3. The minimum atomic E-state index is -0.611. The summed E-state index contributed by atoms with van der Waals surface area (Å²) in [5, 5.41) is 14.8. The van der Waals surface area contributed by atoms with Gasteiger partial charge < -0.3 is 5.32 Å². The number of aromatic nitrogens is 2. The first kappa shape index (κ1) is 21.0. The minimum Gasteiger partial charge on any atom is -0.345 e. The standard InChI is InChI=1S/C20H28N4O2S/c1-4-5-6-7-8-9-17(25)21-15(3)18(26)22-20-24-23-19(27-20)16-12-10-14(2)11-13-16/h10-13,15H,4-9H2,1-3H3,(H,21,25)(H,22,24,26). The van der Waals surface area contributed by atoms with Crippen LogP contribution in [0.1, 0.15) is 57.9 Å². The lowest BCUT2D eigenvalue weighted by Crippen LogP contribution is -2.41. The molecule has 1 atom stereocenters. The van der Waals surface area contributed by atoms with E-state index in [2.05, 4.69) is 27.8 Å². The third-order valence-corrected chi connectivity index (χ3v) is 5.12. The summed E-state index contributed by atoms with van der Waals surface area (Å²) in [6, 6.07) is 7.36. The summed E-state index contributed by atoms with van der Waals surface area (Å²) in [6.07, 6.45) is 5.90. The molecule has 1 heterocycles. The second kappa shape index (κ2) is 10.8. The van der Waals surface area contributed by atoms with Crippen LogP contribution in [0.3, 0.4) is 0 Å². The van der Waals surface area contributed by atoms with Gasteiger partial charge in [-0.25, -0.2) is 0 Å². The second-order valence-electron chi connectivity index (χ2n) is 6.72. The number of hydrogen-bond donors (Lipinski definition) is 2. The number of hydrogen-bond acceptors (Lipinski definition) is 5. The Balaban J connectivity index is 1.79. The normalized spacial score (nSPS) is 11.8. The number of carbonyl (C=O) groups excluding carboxylic acids is 2. The summed E-state index contributed by atoms with van der Waals surface area (Å²) in [6.45, 7) is 5.86. The lowest BCUT2D eigenvalue weighted by atomic mass is 10.1. The smallest absolute Gasteiger partial charge is 0.248 e. The Hall–Kier alpha value is -2.28. The van der Waals surface area contributed by atoms with Crippen LogP contribution in [0.15, 0.2) is 24.3 Å². The van der Waals surface area contributed by atoms with Crippen LogP contribution in [0.25, 0.3) is 10.6 Å². The summed E-state index contributed by atoms with van der Waals surface area (Å²) < 4.78 is 0. The lowest BCUT2D eigenvalue weighted by molar-refractivity contribution is -0.126. The van der Waals surface area contributed by atoms with Gasteiger partial charge in [0.15, 0.2) is 0 Å². The molecule has 0 aliphatic heterocycles. The van der Waals surface area contributed by atoms with Crippen molar-refractivity contribution in [2.24, 2.45) is 0 Å². The van der Waals surface area contributed by atoms with Gasteiger partial charge in [-0.2, -0.15) is 0 Å². The van der Waals surface area contributed by atoms with Gasteiger partial charge in [0.1, 0.15) is 11.0 Å². The summed E-state index contributed by atoms with van der Waals surface area (Å²) in [5.74, 6) is -0.382. The zero-order chi connectivity index (χ0) is 19.6. The summed E-state index contributed by atoms with van der Waals surface area (Å²) in [5.41, 5.74) is 2.13. The maximum absolute atomic E-state index is 12.3. The van der Waals surface area contributed by atoms with Gasteiger partial charge in [-0.3, -0.25) is 14.9 Å². The van der Waals surface area contributed by atoms with E-state index < -0.39 is 6.04 Å². The number of anilines is 1. The Morgan fingerprint density at radius 2 is 1.78 bits per heavy atom. The molecule has 0 bridgehead atoms. The average Bonchev–Trinajstić information content (AvgIpc) is 3.10. The molecule has 6 nitrogen and oxygen atoms in total. The molecule has 2 N–H and O–H groups in total. The molecule has 2 rings (SSSR count). The first-order valence-electron chi connectivity index (χ1n) is 9.50. The number of benzene rings is 1. The number of nitrogens with zero attached hydrogens (tertiary/aromatic N) is 2. The molecule has 2 aromatic rings. The van der Waals surface area contributed by atoms with Crippen molar-refractivity contribution in [2.75, 3.05) is 5.32 Å². The number of unbranched alkanes of at least 4 members (excludes halogenated alkanes) is 4. The van der Waals surface area contributed by atoms with Gasteiger partial charge in [0, 0.05) is 12.0 Å². The lowest BCUT2D eigenvalue weighted by Gasteiger charge is -2.12. The highest BCUT2D eigenvalue weighted by molar-refractivity contribution is 7.18. The number of carbonyl (C=O) groups is 2. The maximum Gasteiger partial charge on any atom is 0.248 e. The summed E-state index contributed by atoms with van der Waals surface area (Å²) in [4.78, 5) is 24.2. The van der Waals surface area contributed by atoms with E-state index in [-0.39, 0.29) is 11.8 Å². The van der Waals surface area contributed by atoms with E-state index in [0.29, 0.717) is 11.6 Å². The fraction of sp³-hybridized carbons (Fsp3) is 0.500. The van der Waals surface area contributed by atoms with Gasteiger partial charge in [-0.05, 0) is 20.3 Å². The Labute approximate surface area is 164 Å². The van der Waals surface area contributed by atoms with Gasteiger partial charge in [0.25, 0.3) is 0 Å². The zero-order valence-corrected chi connectivity index (χ0v) is 17.1.